The van der Waals surface area contributed by atoms with Crippen molar-refractivity contribution in [2.45, 2.75) is 82.3 Å². The minimum atomic E-state index is -1.22. The smallest absolute Gasteiger partial charge is 0.0803 e. The van der Waals surface area contributed by atoms with Crippen molar-refractivity contribution in [3.8, 4) is 0 Å². The normalized spacial score (nSPS) is 37.8. The van der Waals surface area contributed by atoms with E-state index >= 15 is 0 Å². The van der Waals surface area contributed by atoms with Gasteiger partial charge in [0.15, 0.2) is 0 Å². The van der Waals surface area contributed by atoms with Crippen molar-refractivity contribution in [3.05, 3.63) is 29.8 Å². The fourth-order valence-electron chi connectivity index (χ4n) is 5.99. The number of rotatable bonds is 5. The van der Waals surface area contributed by atoms with Crippen LogP contribution in [-0.2, 0) is 6.54 Å². The third-order valence-electron chi connectivity index (χ3n) is 7.32. The van der Waals surface area contributed by atoms with Crippen molar-refractivity contribution in [1.29, 1.82) is 0 Å². The summed E-state index contributed by atoms with van der Waals surface area (Å²) in [7, 11) is -1.22. The molecule has 1 aromatic carbocycles. The standard InChI is InChI=1S/C21H33NOSi/c1-4-24(2,3)19-7-5-16(6-8-19)14-22-20-10-17-9-18(11-20)13-21(23,12-17)15-20/h5-8,17-18,22-23H,4,9-15H2,1-3H3. The molecule has 3 heteroatoms. The highest BCUT2D eigenvalue weighted by atomic mass is 28.3. The van der Waals surface area contributed by atoms with Gasteiger partial charge in [-0.25, -0.2) is 0 Å². The first-order chi connectivity index (χ1) is 11.3. The Kier molecular flexibility index (Phi) is 3.98. The lowest BCUT2D eigenvalue weighted by Crippen LogP contribution is -2.64. The van der Waals surface area contributed by atoms with Crippen LogP contribution in [0.2, 0.25) is 19.1 Å². The van der Waals surface area contributed by atoms with Crippen molar-refractivity contribution in [3.63, 3.8) is 0 Å². The maximum absolute atomic E-state index is 10.9. The molecule has 2 atom stereocenters. The van der Waals surface area contributed by atoms with Crippen molar-refractivity contribution in [2.75, 3.05) is 0 Å². The van der Waals surface area contributed by atoms with E-state index in [2.05, 4.69) is 49.6 Å². The maximum atomic E-state index is 10.9. The lowest BCUT2D eigenvalue weighted by molar-refractivity contribution is -0.142. The van der Waals surface area contributed by atoms with E-state index in [4.69, 9.17) is 0 Å². The summed E-state index contributed by atoms with van der Waals surface area (Å²) in [6, 6.07) is 10.7. The van der Waals surface area contributed by atoms with Gasteiger partial charge in [-0.05, 0) is 55.9 Å². The van der Waals surface area contributed by atoms with Gasteiger partial charge in [-0.3, -0.25) is 0 Å². The van der Waals surface area contributed by atoms with Gasteiger partial charge in [0.25, 0.3) is 0 Å². The molecule has 4 aliphatic rings. The summed E-state index contributed by atoms with van der Waals surface area (Å²) in [6.45, 7) is 8.18. The number of hydrogen-bond donors (Lipinski definition) is 2. The van der Waals surface area contributed by atoms with Crippen molar-refractivity contribution in [1.82, 2.24) is 5.32 Å². The summed E-state index contributed by atoms with van der Waals surface area (Å²) in [5.74, 6) is 1.50. The third-order valence-corrected chi connectivity index (χ3v) is 11.0. The summed E-state index contributed by atoms with van der Waals surface area (Å²) in [6.07, 6.45) is 6.99. The second kappa shape index (κ2) is 5.68. The van der Waals surface area contributed by atoms with Crippen LogP contribution >= 0.6 is 0 Å². The Labute approximate surface area is 148 Å². The first kappa shape index (κ1) is 16.8. The third kappa shape index (κ3) is 3.00. The molecule has 1 aromatic rings. The van der Waals surface area contributed by atoms with Crippen LogP contribution in [0.25, 0.3) is 0 Å². The van der Waals surface area contributed by atoms with Crippen LogP contribution < -0.4 is 10.5 Å². The molecule has 4 bridgehead atoms. The Hall–Kier alpha value is -0.643. The maximum Gasteiger partial charge on any atom is 0.0803 e. The van der Waals surface area contributed by atoms with E-state index in [0.717, 1.165) is 37.6 Å². The topological polar surface area (TPSA) is 32.3 Å². The van der Waals surface area contributed by atoms with Gasteiger partial charge in [0, 0.05) is 12.1 Å². The zero-order chi connectivity index (χ0) is 17.0. The first-order valence-corrected chi connectivity index (χ1v) is 13.1. The van der Waals surface area contributed by atoms with E-state index in [-0.39, 0.29) is 11.1 Å². The zero-order valence-corrected chi connectivity index (χ0v) is 16.6. The number of nitrogens with one attached hydrogen (secondary N) is 1. The molecule has 2 unspecified atom stereocenters. The molecule has 0 radical (unpaired) electrons. The Bertz CT molecular complexity index is 595. The Morgan fingerprint density at radius 1 is 1.08 bits per heavy atom. The van der Waals surface area contributed by atoms with Crippen LogP contribution in [0.1, 0.15) is 51.0 Å². The molecule has 0 amide bonds. The van der Waals surface area contributed by atoms with Gasteiger partial charge in [-0.1, -0.05) is 55.5 Å². The summed E-state index contributed by atoms with van der Waals surface area (Å²) >= 11 is 0. The van der Waals surface area contributed by atoms with Gasteiger partial charge in [0.2, 0.25) is 0 Å². The molecule has 132 valence electrons. The largest absolute Gasteiger partial charge is 0.390 e. The molecule has 24 heavy (non-hydrogen) atoms. The molecule has 0 heterocycles. The SMILES string of the molecule is CC[Si](C)(C)c1ccc(CNC23CC4CC(CC(O)(C4)C2)C3)cc1. The monoisotopic (exact) mass is 343 g/mol. The van der Waals surface area contributed by atoms with E-state index in [1.54, 1.807) is 5.19 Å². The van der Waals surface area contributed by atoms with E-state index in [0.29, 0.717) is 0 Å². The van der Waals surface area contributed by atoms with Crippen molar-refractivity contribution < 1.29 is 5.11 Å². The molecule has 4 aliphatic carbocycles. The molecule has 5 rings (SSSR count). The molecule has 0 aliphatic heterocycles. The minimum Gasteiger partial charge on any atom is -0.390 e. The molecular formula is C21H33NOSi. The summed E-state index contributed by atoms with van der Waals surface area (Å²) < 4.78 is 0. The van der Waals surface area contributed by atoms with Gasteiger partial charge in [0.1, 0.15) is 0 Å². The predicted molar refractivity (Wildman–Crippen MR) is 103 cm³/mol. The number of hydrogen-bond acceptors (Lipinski definition) is 2. The fraction of sp³-hybridized carbons (Fsp3) is 0.714. The molecule has 2 N–H and O–H groups in total. The molecule has 0 spiro atoms. The molecule has 4 fully saturated rings. The Morgan fingerprint density at radius 3 is 2.25 bits per heavy atom. The van der Waals surface area contributed by atoms with Gasteiger partial charge in [-0.2, -0.15) is 0 Å². The minimum absolute atomic E-state index is 0.203. The second-order valence-electron chi connectivity index (χ2n) is 9.75. The molecular weight excluding hydrogens is 310 g/mol. The summed E-state index contributed by atoms with van der Waals surface area (Å²) in [5, 5.41) is 16.3. The fourth-order valence-corrected chi connectivity index (χ4v) is 7.47. The van der Waals surface area contributed by atoms with Crippen LogP contribution in [0.3, 0.4) is 0 Å². The Morgan fingerprint density at radius 2 is 1.71 bits per heavy atom. The average Bonchev–Trinajstić information content (AvgIpc) is 2.51. The number of benzene rings is 1. The number of aliphatic hydroxyl groups is 1. The van der Waals surface area contributed by atoms with Crippen LogP contribution in [0.4, 0.5) is 0 Å². The van der Waals surface area contributed by atoms with E-state index in [1.807, 2.05) is 0 Å². The lowest BCUT2D eigenvalue weighted by Gasteiger charge is -2.60. The molecule has 4 saturated carbocycles. The van der Waals surface area contributed by atoms with Gasteiger partial charge < -0.3 is 10.4 Å². The van der Waals surface area contributed by atoms with E-state index in [1.165, 1.54) is 30.9 Å². The van der Waals surface area contributed by atoms with Crippen LogP contribution in [0, 0.1) is 11.8 Å². The molecule has 2 nitrogen and oxygen atoms in total. The highest BCUT2D eigenvalue weighted by molar-refractivity contribution is 6.89. The highest BCUT2D eigenvalue weighted by Gasteiger charge is 2.56. The summed E-state index contributed by atoms with van der Waals surface area (Å²) in [5.41, 5.74) is 1.23. The lowest BCUT2D eigenvalue weighted by atomic mass is 9.51. The van der Waals surface area contributed by atoms with Crippen LogP contribution in [-0.4, -0.2) is 24.3 Å². The quantitative estimate of drug-likeness (QED) is 0.797. The van der Waals surface area contributed by atoms with Gasteiger partial charge in [0.05, 0.1) is 13.7 Å². The predicted octanol–water partition coefficient (Wildman–Crippen LogP) is 3.80. The first-order valence-electron chi connectivity index (χ1n) is 9.88. The van der Waals surface area contributed by atoms with Gasteiger partial charge >= 0.3 is 0 Å². The van der Waals surface area contributed by atoms with Crippen molar-refractivity contribution in [2.24, 2.45) is 11.8 Å². The summed E-state index contributed by atoms with van der Waals surface area (Å²) in [4.78, 5) is 0. The zero-order valence-electron chi connectivity index (χ0n) is 15.6. The van der Waals surface area contributed by atoms with E-state index in [9.17, 15) is 5.11 Å². The van der Waals surface area contributed by atoms with Gasteiger partial charge in [-0.15, -0.1) is 0 Å². The van der Waals surface area contributed by atoms with Crippen LogP contribution in [0.5, 0.6) is 0 Å². The molecule has 0 saturated heterocycles. The van der Waals surface area contributed by atoms with Crippen molar-refractivity contribution >= 4 is 13.3 Å². The highest BCUT2D eigenvalue weighted by Crippen LogP contribution is 2.57. The van der Waals surface area contributed by atoms with E-state index < -0.39 is 8.07 Å². The molecule has 0 aromatic heterocycles. The average molecular weight is 344 g/mol. The Balaban J connectivity index is 1.44. The van der Waals surface area contributed by atoms with Crippen LogP contribution in [0.15, 0.2) is 24.3 Å². The second-order valence-corrected chi connectivity index (χ2v) is 14.8.